The van der Waals surface area contributed by atoms with E-state index < -0.39 is 0 Å². The predicted molar refractivity (Wildman–Crippen MR) is 85.7 cm³/mol. The molecular formula is C16H19N3OS. The highest BCUT2D eigenvalue weighted by Crippen LogP contribution is 2.33. The molecule has 1 aromatic heterocycles. The molecule has 1 fully saturated rings. The van der Waals surface area contributed by atoms with Crippen LogP contribution in [0, 0.1) is 12.8 Å². The number of aromatic nitrogens is 1. The lowest BCUT2D eigenvalue weighted by atomic mass is 9.88. The molecule has 1 N–H and O–H groups in total. The van der Waals surface area contributed by atoms with E-state index in [9.17, 15) is 4.79 Å². The molecule has 2 aromatic rings. The normalized spacial score (nSPS) is 22.4. The number of likely N-dealkylation sites (N-methyl/N-ethyl adjacent to an activating group) is 1. The smallest absolute Gasteiger partial charge is 0.231 e. The second kappa shape index (κ2) is 5.95. The topological polar surface area (TPSA) is 45.2 Å². The Kier molecular flexibility index (Phi) is 4.03. The van der Waals surface area contributed by atoms with Gasteiger partial charge in [0.15, 0.2) is 5.13 Å². The Labute approximate surface area is 128 Å². The molecule has 4 nitrogen and oxygen atoms in total. The van der Waals surface area contributed by atoms with E-state index in [4.69, 9.17) is 0 Å². The van der Waals surface area contributed by atoms with Gasteiger partial charge in [-0.2, -0.15) is 0 Å². The van der Waals surface area contributed by atoms with E-state index in [1.165, 1.54) is 16.9 Å². The number of rotatable bonds is 3. The molecule has 0 bridgehead atoms. The first kappa shape index (κ1) is 14.2. The number of anilines is 1. The van der Waals surface area contributed by atoms with E-state index in [0.29, 0.717) is 5.13 Å². The van der Waals surface area contributed by atoms with E-state index in [1.807, 2.05) is 25.1 Å². The van der Waals surface area contributed by atoms with Gasteiger partial charge >= 0.3 is 0 Å². The number of hydrogen-bond donors (Lipinski definition) is 1. The number of nitrogens with zero attached hydrogens (tertiary/aromatic N) is 2. The third-order valence-corrected chi connectivity index (χ3v) is 4.75. The van der Waals surface area contributed by atoms with Crippen LogP contribution in [-0.2, 0) is 4.79 Å². The predicted octanol–water partition coefficient (Wildman–Crippen LogP) is 2.74. The quantitative estimate of drug-likeness (QED) is 0.948. The van der Waals surface area contributed by atoms with Crippen molar-refractivity contribution in [3.63, 3.8) is 0 Å². The number of thiazole rings is 1. The summed E-state index contributed by atoms with van der Waals surface area (Å²) in [5.41, 5.74) is 1.23. The average Bonchev–Trinajstić information content (AvgIpc) is 3.06. The Morgan fingerprint density at radius 1 is 1.33 bits per heavy atom. The summed E-state index contributed by atoms with van der Waals surface area (Å²) in [5.74, 6) is 0.293. The van der Waals surface area contributed by atoms with Crippen molar-refractivity contribution in [2.45, 2.75) is 12.8 Å². The highest BCUT2D eigenvalue weighted by atomic mass is 32.1. The minimum Gasteiger partial charge on any atom is -0.305 e. The SMILES string of the molecule is Cc1cnc(NC(=O)[C@@H]2CN(C)C[C@@H]2c2ccccc2)s1. The Morgan fingerprint density at radius 2 is 2.10 bits per heavy atom. The van der Waals surface area contributed by atoms with Crippen molar-refractivity contribution < 1.29 is 4.79 Å². The molecule has 0 aliphatic carbocycles. The number of aryl methyl sites for hydroxylation is 1. The maximum Gasteiger partial charge on any atom is 0.231 e. The summed E-state index contributed by atoms with van der Waals surface area (Å²) >= 11 is 1.52. The van der Waals surface area contributed by atoms with Crippen molar-refractivity contribution in [2.75, 3.05) is 25.5 Å². The molecule has 3 rings (SSSR count). The molecule has 2 atom stereocenters. The van der Waals surface area contributed by atoms with E-state index in [1.54, 1.807) is 6.20 Å². The van der Waals surface area contributed by atoms with Gasteiger partial charge in [0.1, 0.15) is 0 Å². The van der Waals surface area contributed by atoms with Crippen molar-refractivity contribution >= 4 is 22.4 Å². The van der Waals surface area contributed by atoms with Gasteiger partial charge in [-0.25, -0.2) is 4.98 Å². The van der Waals surface area contributed by atoms with Crippen molar-refractivity contribution in [2.24, 2.45) is 5.92 Å². The fraction of sp³-hybridized carbons (Fsp3) is 0.375. The number of benzene rings is 1. The Bertz CT molecular complexity index is 625. The summed E-state index contributed by atoms with van der Waals surface area (Å²) in [6, 6.07) is 10.3. The molecule has 2 heterocycles. The van der Waals surface area contributed by atoms with Crippen LogP contribution in [0.3, 0.4) is 0 Å². The minimum atomic E-state index is -0.0263. The maximum absolute atomic E-state index is 12.6. The van der Waals surface area contributed by atoms with Gasteiger partial charge in [-0.15, -0.1) is 11.3 Å². The van der Waals surface area contributed by atoms with Crippen LogP contribution < -0.4 is 5.32 Å². The van der Waals surface area contributed by atoms with Crippen LogP contribution in [0.4, 0.5) is 5.13 Å². The minimum absolute atomic E-state index is 0.0263. The number of amides is 1. The zero-order chi connectivity index (χ0) is 14.8. The van der Waals surface area contributed by atoms with Gasteiger partial charge in [-0.3, -0.25) is 4.79 Å². The molecular weight excluding hydrogens is 282 g/mol. The molecule has 0 radical (unpaired) electrons. The van der Waals surface area contributed by atoms with Crippen LogP contribution in [0.5, 0.6) is 0 Å². The first-order valence-electron chi connectivity index (χ1n) is 7.10. The van der Waals surface area contributed by atoms with Crippen LogP contribution >= 0.6 is 11.3 Å². The average molecular weight is 301 g/mol. The first-order chi connectivity index (χ1) is 10.1. The zero-order valence-electron chi connectivity index (χ0n) is 12.2. The summed E-state index contributed by atoms with van der Waals surface area (Å²) < 4.78 is 0. The fourth-order valence-corrected chi connectivity index (χ4v) is 3.58. The summed E-state index contributed by atoms with van der Waals surface area (Å²) in [6.07, 6.45) is 1.79. The van der Waals surface area contributed by atoms with Gasteiger partial charge in [0, 0.05) is 30.1 Å². The highest BCUT2D eigenvalue weighted by Gasteiger charge is 2.37. The molecule has 5 heteroatoms. The van der Waals surface area contributed by atoms with Gasteiger partial charge < -0.3 is 10.2 Å². The highest BCUT2D eigenvalue weighted by molar-refractivity contribution is 7.15. The lowest BCUT2D eigenvalue weighted by molar-refractivity contribution is -0.119. The summed E-state index contributed by atoms with van der Waals surface area (Å²) in [4.78, 5) is 20.1. The summed E-state index contributed by atoms with van der Waals surface area (Å²) in [6.45, 7) is 3.69. The molecule has 1 aliphatic heterocycles. The van der Waals surface area contributed by atoms with Gasteiger partial charge in [0.25, 0.3) is 0 Å². The van der Waals surface area contributed by atoms with Crippen molar-refractivity contribution in [3.05, 3.63) is 47.0 Å². The van der Waals surface area contributed by atoms with Crippen LogP contribution in [0.2, 0.25) is 0 Å². The largest absolute Gasteiger partial charge is 0.305 e. The van der Waals surface area contributed by atoms with E-state index in [2.05, 4.69) is 34.4 Å². The van der Waals surface area contributed by atoms with E-state index >= 15 is 0 Å². The molecule has 0 spiro atoms. The number of hydrogen-bond acceptors (Lipinski definition) is 4. The van der Waals surface area contributed by atoms with Gasteiger partial charge in [0.2, 0.25) is 5.91 Å². The first-order valence-corrected chi connectivity index (χ1v) is 7.92. The van der Waals surface area contributed by atoms with Crippen LogP contribution in [0.15, 0.2) is 36.5 Å². The van der Waals surface area contributed by atoms with E-state index in [0.717, 1.165) is 18.0 Å². The lowest BCUT2D eigenvalue weighted by Crippen LogP contribution is -2.28. The van der Waals surface area contributed by atoms with Crippen molar-refractivity contribution in [3.8, 4) is 0 Å². The molecule has 0 unspecified atom stereocenters. The lowest BCUT2D eigenvalue weighted by Gasteiger charge is -2.17. The number of likely N-dealkylation sites (tertiary alicyclic amines) is 1. The summed E-state index contributed by atoms with van der Waals surface area (Å²) in [7, 11) is 2.07. The van der Waals surface area contributed by atoms with Crippen molar-refractivity contribution in [1.82, 2.24) is 9.88 Å². The fourth-order valence-electron chi connectivity index (χ4n) is 2.91. The van der Waals surface area contributed by atoms with Crippen LogP contribution in [0.1, 0.15) is 16.4 Å². The second-order valence-corrected chi connectivity index (χ2v) is 6.84. The molecule has 1 aromatic carbocycles. The number of nitrogens with one attached hydrogen (secondary N) is 1. The van der Waals surface area contributed by atoms with E-state index in [-0.39, 0.29) is 17.7 Å². The monoisotopic (exact) mass is 301 g/mol. The molecule has 110 valence electrons. The third-order valence-electron chi connectivity index (χ3n) is 3.92. The van der Waals surface area contributed by atoms with Crippen LogP contribution in [-0.4, -0.2) is 35.9 Å². The van der Waals surface area contributed by atoms with Gasteiger partial charge in [-0.1, -0.05) is 30.3 Å². The summed E-state index contributed by atoms with van der Waals surface area (Å²) in [5, 5.41) is 3.66. The molecule has 0 saturated carbocycles. The number of carbonyl (C=O) groups is 1. The molecule has 1 aliphatic rings. The number of carbonyl (C=O) groups excluding carboxylic acids is 1. The molecule has 1 amide bonds. The second-order valence-electron chi connectivity index (χ2n) is 5.61. The van der Waals surface area contributed by atoms with Crippen molar-refractivity contribution in [1.29, 1.82) is 0 Å². The Hall–Kier alpha value is -1.72. The molecule has 21 heavy (non-hydrogen) atoms. The molecule has 1 saturated heterocycles. The zero-order valence-corrected chi connectivity index (χ0v) is 13.1. The Morgan fingerprint density at radius 3 is 2.76 bits per heavy atom. The maximum atomic E-state index is 12.6. The third kappa shape index (κ3) is 3.14. The van der Waals surface area contributed by atoms with Gasteiger partial charge in [0.05, 0.1) is 5.92 Å². The Balaban J connectivity index is 1.77. The standard InChI is InChI=1S/C16H19N3OS/c1-11-8-17-16(21-11)18-15(20)14-10-19(2)9-13(14)12-6-4-3-5-7-12/h3-8,13-14H,9-10H2,1-2H3,(H,17,18,20)/t13-,14-/m1/s1. The van der Waals surface area contributed by atoms with Gasteiger partial charge in [-0.05, 0) is 19.5 Å². The van der Waals surface area contributed by atoms with Crippen LogP contribution in [0.25, 0.3) is 0 Å².